The van der Waals surface area contributed by atoms with Gasteiger partial charge in [-0.3, -0.25) is 4.72 Å². The Bertz CT molecular complexity index is 1230. The fourth-order valence-corrected chi connectivity index (χ4v) is 5.70. The smallest absolute Gasteiger partial charge is 0.261 e. The lowest BCUT2D eigenvalue weighted by Crippen LogP contribution is -2.28. The average molecular weight is 454 g/mol. The van der Waals surface area contributed by atoms with Gasteiger partial charge in [-0.1, -0.05) is 60.1 Å². The highest BCUT2D eigenvalue weighted by molar-refractivity contribution is 7.92. The van der Waals surface area contributed by atoms with E-state index in [0.717, 1.165) is 48.0 Å². The van der Waals surface area contributed by atoms with Crippen LogP contribution in [0.25, 0.3) is 11.0 Å². The summed E-state index contributed by atoms with van der Waals surface area (Å²) in [5, 5.41) is 1.03. The number of hydrogen-bond acceptors (Lipinski definition) is 3. The topological polar surface area (TPSA) is 59.3 Å². The van der Waals surface area contributed by atoms with Gasteiger partial charge in [0, 0.05) is 23.1 Å². The predicted molar refractivity (Wildman–Crippen MR) is 132 cm³/mol. The first kappa shape index (κ1) is 22.9. The van der Waals surface area contributed by atoms with Crippen molar-refractivity contribution in [2.75, 3.05) is 4.72 Å². The van der Waals surface area contributed by atoms with E-state index in [1.54, 1.807) is 18.2 Å². The summed E-state index contributed by atoms with van der Waals surface area (Å²) in [5.74, 6) is 1.66. The Hall–Kier alpha value is -2.27. The molecule has 0 saturated heterocycles. The highest BCUT2D eigenvalue weighted by Crippen LogP contribution is 2.43. The van der Waals surface area contributed by atoms with Gasteiger partial charge in [-0.05, 0) is 65.5 Å². The minimum Gasteiger partial charge on any atom is -0.461 e. The number of sulfonamides is 1. The molecule has 1 aliphatic rings. The maximum absolute atomic E-state index is 13.0. The molecule has 0 aliphatic heterocycles. The first-order valence-corrected chi connectivity index (χ1v) is 13.1. The first-order valence-electron chi connectivity index (χ1n) is 11.6. The zero-order valence-electron chi connectivity index (χ0n) is 20.1. The van der Waals surface area contributed by atoms with E-state index in [0.29, 0.717) is 11.6 Å². The Labute approximate surface area is 192 Å². The fraction of sp³-hybridized carbons (Fsp3) is 0.481. The van der Waals surface area contributed by atoms with Crippen LogP contribution in [0.15, 0.2) is 51.8 Å². The molecule has 1 heterocycles. The molecule has 32 heavy (non-hydrogen) atoms. The highest BCUT2D eigenvalue weighted by Gasteiger charge is 2.33. The lowest BCUT2D eigenvalue weighted by atomic mass is 9.69. The van der Waals surface area contributed by atoms with E-state index in [9.17, 15) is 8.42 Å². The number of aryl methyl sites for hydroxylation is 1. The van der Waals surface area contributed by atoms with E-state index in [1.807, 2.05) is 24.3 Å². The number of rotatable bonds is 5. The van der Waals surface area contributed by atoms with Gasteiger partial charge in [0.25, 0.3) is 10.0 Å². The fourth-order valence-electron chi connectivity index (χ4n) is 4.65. The van der Waals surface area contributed by atoms with Gasteiger partial charge >= 0.3 is 0 Å². The van der Waals surface area contributed by atoms with Crippen molar-refractivity contribution in [3.8, 4) is 0 Å². The number of furan rings is 1. The number of nitrogens with one attached hydrogen (secondary N) is 1. The third-order valence-electron chi connectivity index (χ3n) is 7.34. The van der Waals surface area contributed by atoms with E-state index < -0.39 is 10.0 Å². The molecule has 1 aliphatic carbocycles. The standard InChI is InChI=1S/C27H35NO3S/c1-7-27(5,6)19-10-14-24-22(16-19)23-17-20(11-15-25(23)31-24)28-32(29,30)21-12-8-18(9-13-21)26(2,3)4/h8-9,11-13,15,17,19,28H,7,10,14,16H2,1-6H3/t19-/m0/s1. The van der Waals surface area contributed by atoms with Gasteiger partial charge in [0.15, 0.2) is 0 Å². The van der Waals surface area contributed by atoms with Gasteiger partial charge in [-0.2, -0.15) is 0 Å². The molecule has 1 atom stereocenters. The van der Waals surface area contributed by atoms with Crippen molar-refractivity contribution in [1.82, 2.24) is 0 Å². The molecule has 172 valence electrons. The van der Waals surface area contributed by atoms with Gasteiger partial charge in [0.2, 0.25) is 0 Å². The van der Waals surface area contributed by atoms with E-state index in [2.05, 4.69) is 46.3 Å². The van der Waals surface area contributed by atoms with Crippen LogP contribution in [-0.2, 0) is 28.3 Å². The summed E-state index contributed by atoms with van der Waals surface area (Å²) >= 11 is 0. The molecule has 0 fully saturated rings. The van der Waals surface area contributed by atoms with Crippen LogP contribution >= 0.6 is 0 Å². The zero-order chi connectivity index (χ0) is 23.3. The van der Waals surface area contributed by atoms with Crippen LogP contribution < -0.4 is 4.72 Å². The Morgan fingerprint density at radius 1 is 1.03 bits per heavy atom. The molecular weight excluding hydrogens is 418 g/mol. The monoisotopic (exact) mass is 453 g/mol. The van der Waals surface area contributed by atoms with E-state index in [4.69, 9.17) is 4.42 Å². The van der Waals surface area contributed by atoms with E-state index in [1.165, 1.54) is 5.56 Å². The normalized spacial score (nSPS) is 17.4. The average Bonchev–Trinajstić information content (AvgIpc) is 3.10. The SMILES string of the molecule is CCC(C)(C)[C@H]1CCc2oc3ccc(NS(=O)(=O)c4ccc(C(C)(C)C)cc4)cc3c2C1. The first-order chi connectivity index (χ1) is 14.9. The largest absolute Gasteiger partial charge is 0.461 e. The van der Waals surface area contributed by atoms with Crippen LogP contribution in [0.3, 0.4) is 0 Å². The predicted octanol–water partition coefficient (Wildman–Crippen LogP) is 7.07. The van der Waals surface area contributed by atoms with Gasteiger partial charge in [-0.15, -0.1) is 0 Å². The van der Waals surface area contributed by atoms with E-state index in [-0.39, 0.29) is 15.7 Å². The third-order valence-corrected chi connectivity index (χ3v) is 8.74. The Morgan fingerprint density at radius 2 is 1.72 bits per heavy atom. The van der Waals surface area contributed by atoms with Crippen molar-refractivity contribution in [1.29, 1.82) is 0 Å². The van der Waals surface area contributed by atoms with Crippen molar-refractivity contribution in [2.45, 2.75) is 77.5 Å². The van der Waals surface area contributed by atoms with Crippen molar-refractivity contribution in [2.24, 2.45) is 11.3 Å². The summed E-state index contributed by atoms with van der Waals surface area (Å²) in [6, 6.07) is 12.7. The van der Waals surface area contributed by atoms with Crippen LogP contribution in [0.5, 0.6) is 0 Å². The molecule has 1 N–H and O–H groups in total. The lowest BCUT2D eigenvalue weighted by Gasteiger charge is -2.36. The van der Waals surface area contributed by atoms with Crippen molar-refractivity contribution in [3.63, 3.8) is 0 Å². The maximum Gasteiger partial charge on any atom is 0.261 e. The second kappa shape index (κ2) is 7.95. The summed E-state index contributed by atoms with van der Waals surface area (Å²) in [5.41, 5.74) is 4.01. The second-order valence-electron chi connectivity index (χ2n) is 10.9. The minimum absolute atomic E-state index is 0.0225. The molecule has 0 bridgehead atoms. The molecule has 5 heteroatoms. The van der Waals surface area contributed by atoms with Crippen LogP contribution in [0.4, 0.5) is 5.69 Å². The summed E-state index contributed by atoms with van der Waals surface area (Å²) in [4.78, 5) is 0.268. The number of hydrogen-bond donors (Lipinski definition) is 1. The van der Waals surface area contributed by atoms with Crippen LogP contribution in [0, 0.1) is 11.3 Å². The molecular formula is C27H35NO3S. The summed E-state index contributed by atoms with van der Waals surface area (Å²) in [7, 11) is -3.67. The molecule has 0 saturated carbocycles. The Morgan fingerprint density at radius 3 is 2.34 bits per heavy atom. The molecule has 4 rings (SSSR count). The minimum atomic E-state index is -3.67. The molecule has 0 unspecified atom stereocenters. The summed E-state index contributed by atoms with van der Waals surface area (Å²) in [6.07, 6.45) is 4.20. The molecule has 0 spiro atoms. The number of fused-ring (bicyclic) bond motifs is 3. The number of benzene rings is 2. The molecule has 2 aromatic carbocycles. The van der Waals surface area contributed by atoms with Crippen LogP contribution in [0.2, 0.25) is 0 Å². The lowest BCUT2D eigenvalue weighted by molar-refractivity contribution is 0.179. The molecule has 1 aromatic heterocycles. The van der Waals surface area contributed by atoms with E-state index >= 15 is 0 Å². The van der Waals surface area contributed by atoms with Crippen molar-refractivity contribution in [3.05, 3.63) is 59.4 Å². The van der Waals surface area contributed by atoms with Gasteiger partial charge < -0.3 is 4.42 Å². The van der Waals surface area contributed by atoms with Crippen molar-refractivity contribution >= 4 is 26.7 Å². The Kier molecular flexibility index (Phi) is 5.69. The van der Waals surface area contributed by atoms with Crippen LogP contribution in [0.1, 0.15) is 71.3 Å². The summed E-state index contributed by atoms with van der Waals surface area (Å²) < 4.78 is 34.9. The molecule has 4 nitrogen and oxygen atoms in total. The molecule has 0 radical (unpaired) electrons. The second-order valence-corrected chi connectivity index (χ2v) is 12.6. The van der Waals surface area contributed by atoms with Crippen LogP contribution in [-0.4, -0.2) is 8.42 Å². The Balaban J connectivity index is 1.63. The summed E-state index contributed by atoms with van der Waals surface area (Å²) in [6.45, 7) is 13.3. The van der Waals surface area contributed by atoms with Gasteiger partial charge in [-0.25, -0.2) is 8.42 Å². The van der Waals surface area contributed by atoms with Gasteiger partial charge in [0.1, 0.15) is 11.3 Å². The zero-order valence-corrected chi connectivity index (χ0v) is 20.9. The highest BCUT2D eigenvalue weighted by atomic mass is 32.2. The number of anilines is 1. The molecule has 3 aromatic rings. The molecule has 0 amide bonds. The third kappa shape index (κ3) is 4.32. The maximum atomic E-state index is 13.0. The van der Waals surface area contributed by atoms with Crippen molar-refractivity contribution < 1.29 is 12.8 Å². The quantitative estimate of drug-likeness (QED) is 0.449. The van der Waals surface area contributed by atoms with Gasteiger partial charge in [0.05, 0.1) is 4.90 Å².